The Morgan fingerprint density at radius 1 is 1.10 bits per heavy atom. The first-order valence-corrected chi connectivity index (χ1v) is 8.17. The van der Waals surface area contributed by atoms with Crippen LogP contribution in [0, 0.1) is 0 Å². The number of nitrogens with one attached hydrogen (secondary N) is 1. The SMILES string of the molecule is CCCOc1ccc(NC(=O)c2cc(Br)cc(Br)c2)cc1. The second-order valence-electron chi connectivity index (χ2n) is 4.49. The molecular weight excluding hydrogens is 398 g/mol. The molecule has 0 unspecified atom stereocenters. The third-order valence-corrected chi connectivity index (χ3v) is 3.63. The molecule has 5 heteroatoms. The molecule has 1 amide bonds. The average Bonchev–Trinajstić information content (AvgIpc) is 2.45. The van der Waals surface area contributed by atoms with Gasteiger partial charge in [-0.1, -0.05) is 38.8 Å². The van der Waals surface area contributed by atoms with E-state index in [2.05, 4.69) is 44.1 Å². The summed E-state index contributed by atoms with van der Waals surface area (Å²) in [7, 11) is 0. The standard InChI is InChI=1S/C16H15Br2NO2/c1-2-7-21-15-5-3-14(4-6-15)19-16(20)11-8-12(17)10-13(18)9-11/h3-6,8-10H,2,7H2,1H3,(H,19,20). The predicted octanol–water partition coefficient (Wildman–Crippen LogP) is 5.25. The maximum Gasteiger partial charge on any atom is 0.255 e. The number of halogens is 2. The molecule has 1 N–H and O–H groups in total. The quantitative estimate of drug-likeness (QED) is 0.727. The molecule has 0 aromatic heterocycles. The highest BCUT2D eigenvalue weighted by Crippen LogP contribution is 2.21. The molecule has 0 aliphatic carbocycles. The van der Waals surface area contributed by atoms with Gasteiger partial charge in [-0.3, -0.25) is 4.79 Å². The first kappa shape index (κ1) is 16.0. The normalized spacial score (nSPS) is 10.2. The summed E-state index contributed by atoms with van der Waals surface area (Å²) in [4.78, 5) is 12.2. The number of hydrogen-bond acceptors (Lipinski definition) is 2. The molecule has 0 heterocycles. The third kappa shape index (κ3) is 4.86. The molecule has 0 fully saturated rings. The summed E-state index contributed by atoms with van der Waals surface area (Å²) in [6.07, 6.45) is 0.969. The Balaban J connectivity index is 2.05. The van der Waals surface area contributed by atoms with Crippen molar-refractivity contribution < 1.29 is 9.53 Å². The lowest BCUT2D eigenvalue weighted by Crippen LogP contribution is -2.11. The van der Waals surface area contributed by atoms with Gasteiger partial charge < -0.3 is 10.1 Å². The van der Waals surface area contributed by atoms with E-state index in [1.807, 2.05) is 30.3 Å². The summed E-state index contributed by atoms with van der Waals surface area (Å²) in [5.74, 6) is 0.652. The van der Waals surface area contributed by atoms with Gasteiger partial charge in [0.25, 0.3) is 5.91 Å². The minimum atomic E-state index is -0.153. The van der Waals surface area contributed by atoms with Gasteiger partial charge in [0.05, 0.1) is 6.61 Å². The number of carbonyl (C=O) groups excluding carboxylic acids is 1. The predicted molar refractivity (Wildman–Crippen MR) is 92.0 cm³/mol. The van der Waals surface area contributed by atoms with Crippen LogP contribution < -0.4 is 10.1 Å². The Bertz CT molecular complexity index is 606. The molecule has 3 nitrogen and oxygen atoms in total. The Labute approximate surface area is 141 Å². The smallest absolute Gasteiger partial charge is 0.255 e. The fourth-order valence-corrected chi connectivity index (χ4v) is 3.04. The third-order valence-electron chi connectivity index (χ3n) is 2.71. The van der Waals surface area contributed by atoms with Gasteiger partial charge in [0.1, 0.15) is 5.75 Å². The number of ether oxygens (including phenoxy) is 1. The zero-order valence-corrected chi connectivity index (χ0v) is 14.7. The van der Waals surface area contributed by atoms with Crippen LogP contribution in [0.3, 0.4) is 0 Å². The number of amides is 1. The molecule has 2 aromatic rings. The molecule has 2 rings (SSSR count). The van der Waals surface area contributed by atoms with Gasteiger partial charge in [0.2, 0.25) is 0 Å². The summed E-state index contributed by atoms with van der Waals surface area (Å²) in [6, 6.07) is 12.8. The molecule has 0 bridgehead atoms. The lowest BCUT2D eigenvalue weighted by molar-refractivity contribution is 0.102. The van der Waals surface area contributed by atoms with Crippen LogP contribution in [0.15, 0.2) is 51.4 Å². The Hall–Kier alpha value is -1.33. The average molecular weight is 413 g/mol. The number of hydrogen-bond donors (Lipinski definition) is 1. The summed E-state index contributed by atoms with van der Waals surface area (Å²) in [5, 5.41) is 2.86. The second-order valence-corrected chi connectivity index (χ2v) is 6.32. The molecule has 0 atom stereocenters. The van der Waals surface area contributed by atoms with Crippen molar-refractivity contribution in [3.05, 3.63) is 57.0 Å². The van der Waals surface area contributed by atoms with Crippen LogP contribution in [0.1, 0.15) is 23.7 Å². The Morgan fingerprint density at radius 2 is 1.71 bits per heavy atom. The van der Waals surface area contributed by atoms with Gasteiger partial charge in [0, 0.05) is 20.2 Å². The van der Waals surface area contributed by atoms with Crippen LogP contribution in [0.25, 0.3) is 0 Å². The van der Waals surface area contributed by atoms with Gasteiger partial charge >= 0.3 is 0 Å². The summed E-state index contributed by atoms with van der Waals surface area (Å²) in [6.45, 7) is 2.75. The van der Waals surface area contributed by atoms with Crippen LogP contribution >= 0.6 is 31.9 Å². The maximum absolute atomic E-state index is 12.2. The minimum Gasteiger partial charge on any atom is -0.494 e. The van der Waals surface area contributed by atoms with Crippen LogP contribution in [-0.4, -0.2) is 12.5 Å². The molecular formula is C16H15Br2NO2. The van der Waals surface area contributed by atoms with E-state index in [9.17, 15) is 4.79 Å². The van der Waals surface area contributed by atoms with Gasteiger partial charge in [0.15, 0.2) is 0 Å². The van der Waals surface area contributed by atoms with Crippen molar-refractivity contribution in [1.29, 1.82) is 0 Å². The largest absolute Gasteiger partial charge is 0.494 e. The number of benzene rings is 2. The highest BCUT2D eigenvalue weighted by molar-refractivity contribution is 9.11. The van der Waals surface area contributed by atoms with Gasteiger partial charge in [-0.2, -0.15) is 0 Å². The van der Waals surface area contributed by atoms with Crippen molar-refractivity contribution in [2.75, 3.05) is 11.9 Å². The lowest BCUT2D eigenvalue weighted by Gasteiger charge is -2.08. The van der Waals surface area contributed by atoms with Crippen LogP contribution in [0.2, 0.25) is 0 Å². The Morgan fingerprint density at radius 3 is 2.29 bits per heavy atom. The molecule has 0 aliphatic rings. The van der Waals surface area contributed by atoms with Crippen molar-refractivity contribution in [3.8, 4) is 5.75 Å². The van der Waals surface area contributed by atoms with E-state index in [0.29, 0.717) is 12.2 Å². The molecule has 0 saturated heterocycles. The first-order chi connectivity index (χ1) is 10.1. The van der Waals surface area contributed by atoms with E-state index in [0.717, 1.165) is 26.8 Å². The highest BCUT2D eigenvalue weighted by atomic mass is 79.9. The molecule has 21 heavy (non-hydrogen) atoms. The van der Waals surface area contributed by atoms with Crippen molar-refractivity contribution in [3.63, 3.8) is 0 Å². The second kappa shape index (κ2) is 7.61. The first-order valence-electron chi connectivity index (χ1n) is 6.59. The summed E-state index contributed by atoms with van der Waals surface area (Å²) in [5.41, 5.74) is 1.32. The molecule has 0 saturated carbocycles. The van der Waals surface area contributed by atoms with Gasteiger partial charge in [-0.25, -0.2) is 0 Å². The minimum absolute atomic E-state index is 0.153. The number of rotatable bonds is 5. The number of anilines is 1. The molecule has 0 aliphatic heterocycles. The zero-order valence-electron chi connectivity index (χ0n) is 11.5. The van der Waals surface area contributed by atoms with Crippen molar-refractivity contribution >= 4 is 43.5 Å². The van der Waals surface area contributed by atoms with Crippen LogP contribution in [0.4, 0.5) is 5.69 Å². The molecule has 0 radical (unpaired) electrons. The molecule has 110 valence electrons. The van der Waals surface area contributed by atoms with Gasteiger partial charge in [-0.05, 0) is 48.9 Å². The summed E-state index contributed by atoms with van der Waals surface area (Å²) >= 11 is 6.75. The van der Waals surface area contributed by atoms with Crippen molar-refractivity contribution in [1.82, 2.24) is 0 Å². The lowest BCUT2D eigenvalue weighted by atomic mass is 10.2. The Kier molecular flexibility index (Phi) is 5.82. The van der Waals surface area contributed by atoms with Crippen LogP contribution in [-0.2, 0) is 0 Å². The maximum atomic E-state index is 12.2. The summed E-state index contributed by atoms with van der Waals surface area (Å²) < 4.78 is 7.21. The van der Waals surface area contributed by atoms with Crippen molar-refractivity contribution in [2.24, 2.45) is 0 Å². The van der Waals surface area contributed by atoms with E-state index in [-0.39, 0.29) is 5.91 Å². The van der Waals surface area contributed by atoms with E-state index in [1.165, 1.54) is 0 Å². The fourth-order valence-electron chi connectivity index (χ4n) is 1.74. The highest BCUT2D eigenvalue weighted by Gasteiger charge is 2.08. The molecule has 2 aromatic carbocycles. The van der Waals surface area contributed by atoms with E-state index in [4.69, 9.17) is 4.74 Å². The van der Waals surface area contributed by atoms with E-state index < -0.39 is 0 Å². The number of carbonyl (C=O) groups is 1. The van der Waals surface area contributed by atoms with E-state index in [1.54, 1.807) is 12.1 Å². The monoisotopic (exact) mass is 411 g/mol. The van der Waals surface area contributed by atoms with E-state index >= 15 is 0 Å². The van der Waals surface area contributed by atoms with Crippen molar-refractivity contribution in [2.45, 2.75) is 13.3 Å². The zero-order chi connectivity index (χ0) is 15.2. The fraction of sp³-hybridized carbons (Fsp3) is 0.188. The van der Waals surface area contributed by atoms with Gasteiger partial charge in [-0.15, -0.1) is 0 Å². The topological polar surface area (TPSA) is 38.3 Å². The van der Waals surface area contributed by atoms with Crippen LogP contribution in [0.5, 0.6) is 5.75 Å². The molecule has 0 spiro atoms.